The van der Waals surface area contributed by atoms with E-state index in [1.807, 2.05) is 30.3 Å². The number of rotatable bonds is 5. The predicted molar refractivity (Wildman–Crippen MR) is 158 cm³/mol. The second kappa shape index (κ2) is 10.4. The van der Waals surface area contributed by atoms with Gasteiger partial charge in [-0.25, -0.2) is 8.78 Å². The molecule has 12 heteroatoms. The number of nitrogens with one attached hydrogen (secondary N) is 1. The molecule has 0 radical (unpaired) electrons. The summed E-state index contributed by atoms with van der Waals surface area (Å²) in [7, 11) is 0. The summed E-state index contributed by atoms with van der Waals surface area (Å²) in [5.74, 6) is -3.99. The van der Waals surface area contributed by atoms with Gasteiger partial charge in [-0.1, -0.05) is 30.3 Å². The molecule has 4 aromatic rings. The highest BCUT2D eigenvalue weighted by molar-refractivity contribution is 6.08. The number of piperidine rings is 1. The van der Waals surface area contributed by atoms with Gasteiger partial charge < -0.3 is 15.5 Å². The van der Waals surface area contributed by atoms with Crippen LogP contribution in [-0.4, -0.2) is 69.2 Å². The van der Waals surface area contributed by atoms with E-state index in [-0.39, 0.29) is 37.1 Å². The van der Waals surface area contributed by atoms with E-state index in [0.717, 1.165) is 27.5 Å². The van der Waals surface area contributed by atoms with Crippen molar-refractivity contribution in [3.05, 3.63) is 84.2 Å². The summed E-state index contributed by atoms with van der Waals surface area (Å²) in [6.45, 7) is 0.203. The van der Waals surface area contributed by atoms with Crippen molar-refractivity contribution in [1.82, 2.24) is 25.2 Å². The standard InChI is InChI=1S/C32H29F2N7O3/c33-32(34)13-24(39-18-32)29(43)40-11-8-31(9-12-40)22-7-10-36-16-26(22)41(30(31)44)17-25-27(20-5-6-23(28(35)42)37-15-20)21-4-2-1-3-19(21)14-38-25/h1-7,10,14-16,24,39H,8-9,11-13,17-18H2,(H2,35,42)/t24-/m0/s1. The minimum absolute atomic E-state index is 0.110. The third kappa shape index (κ3) is 4.57. The number of primary amides is 1. The maximum absolute atomic E-state index is 14.4. The number of alkyl halides is 2. The van der Waals surface area contributed by atoms with Crippen LogP contribution in [0.1, 0.15) is 41.0 Å². The molecule has 10 nitrogen and oxygen atoms in total. The molecular formula is C32H29F2N7O3. The highest BCUT2D eigenvalue weighted by Crippen LogP contribution is 2.48. The van der Waals surface area contributed by atoms with Gasteiger partial charge in [0.05, 0.1) is 42.1 Å². The Labute approximate surface area is 251 Å². The van der Waals surface area contributed by atoms with Gasteiger partial charge in [0.1, 0.15) is 5.69 Å². The number of likely N-dealkylation sites (tertiary alicyclic amines) is 1. The second-order valence-corrected chi connectivity index (χ2v) is 11.6. The van der Waals surface area contributed by atoms with Gasteiger partial charge >= 0.3 is 0 Å². The lowest BCUT2D eigenvalue weighted by molar-refractivity contribution is -0.137. The molecule has 3 aliphatic rings. The molecule has 2 saturated heterocycles. The van der Waals surface area contributed by atoms with Crippen molar-refractivity contribution in [3.63, 3.8) is 0 Å². The molecule has 2 fully saturated rings. The van der Waals surface area contributed by atoms with Gasteiger partial charge in [0, 0.05) is 54.6 Å². The van der Waals surface area contributed by atoms with Crippen molar-refractivity contribution >= 4 is 34.2 Å². The normalized spacial score (nSPS) is 20.3. The van der Waals surface area contributed by atoms with Crippen LogP contribution in [0.3, 0.4) is 0 Å². The lowest BCUT2D eigenvalue weighted by Crippen LogP contribution is -2.53. The third-order valence-electron chi connectivity index (χ3n) is 9.09. The summed E-state index contributed by atoms with van der Waals surface area (Å²) >= 11 is 0. The largest absolute Gasteiger partial charge is 0.364 e. The number of hydrogen-bond donors (Lipinski definition) is 2. The van der Waals surface area contributed by atoms with E-state index in [2.05, 4.69) is 15.3 Å². The molecule has 1 atom stereocenters. The van der Waals surface area contributed by atoms with E-state index in [1.165, 1.54) is 0 Å². The van der Waals surface area contributed by atoms with Crippen LogP contribution in [0.5, 0.6) is 0 Å². The molecule has 1 spiro atoms. The monoisotopic (exact) mass is 597 g/mol. The Balaban J connectivity index is 1.21. The van der Waals surface area contributed by atoms with Crippen LogP contribution in [0.2, 0.25) is 0 Å². The third-order valence-corrected chi connectivity index (χ3v) is 9.09. The van der Waals surface area contributed by atoms with Crippen LogP contribution < -0.4 is 16.0 Å². The van der Waals surface area contributed by atoms with Crippen molar-refractivity contribution in [2.75, 3.05) is 24.5 Å². The highest BCUT2D eigenvalue weighted by atomic mass is 19.3. The van der Waals surface area contributed by atoms with Crippen molar-refractivity contribution in [1.29, 1.82) is 0 Å². The summed E-state index contributed by atoms with van der Waals surface area (Å²) in [6, 6.07) is 12.0. The summed E-state index contributed by atoms with van der Waals surface area (Å²) in [6.07, 6.45) is 6.90. The van der Waals surface area contributed by atoms with E-state index in [4.69, 9.17) is 10.7 Å². The fourth-order valence-electron chi connectivity index (χ4n) is 6.83. The molecule has 7 rings (SSSR count). The van der Waals surface area contributed by atoms with E-state index >= 15 is 0 Å². The Morgan fingerprint density at radius 3 is 2.52 bits per heavy atom. The van der Waals surface area contributed by atoms with Gasteiger partial charge in [0.25, 0.3) is 11.8 Å². The maximum Gasteiger partial charge on any atom is 0.267 e. The molecule has 6 heterocycles. The van der Waals surface area contributed by atoms with Gasteiger partial charge in [-0.3, -0.25) is 34.7 Å². The van der Waals surface area contributed by atoms with Crippen LogP contribution in [0.4, 0.5) is 14.5 Å². The number of halogens is 2. The first-order valence-electron chi connectivity index (χ1n) is 14.5. The quantitative estimate of drug-likeness (QED) is 0.361. The zero-order chi connectivity index (χ0) is 30.6. The number of nitrogens with zero attached hydrogens (tertiary/aromatic N) is 5. The first-order valence-corrected chi connectivity index (χ1v) is 14.5. The first kappa shape index (κ1) is 28.0. The van der Waals surface area contributed by atoms with E-state index in [0.29, 0.717) is 24.2 Å². The van der Waals surface area contributed by atoms with Gasteiger partial charge in [-0.05, 0) is 35.9 Å². The zero-order valence-electron chi connectivity index (χ0n) is 23.7. The number of nitrogens with two attached hydrogens (primary N) is 1. The Morgan fingerprint density at radius 2 is 1.82 bits per heavy atom. The van der Waals surface area contributed by atoms with Crippen molar-refractivity contribution < 1.29 is 23.2 Å². The van der Waals surface area contributed by atoms with Crippen LogP contribution in [0.25, 0.3) is 21.9 Å². The Bertz CT molecular complexity index is 1810. The summed E-state index contributed by atoms with van der Waals surface area (Å²) < 4.78 is 27.5. The number of hydrogen-bond acceptors (Lipinski definition) is 7. The number of pyridine rings is 3. The first-order chi connectivity index (χ1) is 21.2. The molecule has 3 aromatic heterocycles. The molecule has 3 N–H and O–H groups in total. The molecule has 0 aliphatic carbocycles. The fraction of sp³-hybridized carbons (Fsp3) is 0.312. The van der Waals surface area contributed by atoms with Crippen LogP contribution in [-0.2, 0) is 21.5 Å². The predicted octanol–water partition coefficient (Wildman–Crippen LogP) is 3.19. The van der Waals surface area contributed by atoms with Gasteiger partial charge in [0.15, 0.2) is 0 Å². The Morgan fingerprint density at radius 1 is 1.02 bits per heavy atom. The number of fused-ring (bicyclic) bond motifs is 3. The van der Waals surface area contributed by atoms with Crippen LogP contribution >= 0.6 is 0 Å². The smallest absolute Gasteiger partial charge is 0.267 e. The zero-order valence-corrected chi connectivity index (χ0v) is 23.7. The number of anilines is 1. The topological polar surface area (TPSA) is 134 Å². The maximum atomic E-state index is 14.4. The highest BCUT2D eigenvalue weighted by Gasteiger charge is 2.53. The molecule has 1 aromatic carbocycles. The minimum atomic E-state index is -2.90. The number of carbonyl (C=O) groups excluding carboxylic acids is 3. The van der Waals surface area contributed by atoms with Gasteiger partial charge in [-0.2, -0.15) is 0 Å². The van der Waals surface area contributed by atoms with E-state index in [9.17, 15) is 23.2 Å². The number of benzene rings is 1. The molecule has 3 amide bonds. The molecule has 0 saturated carbocycles. The molecule has 224 valence electrons. The van der Waals surface area contributed by atoms with Crippen LogP contribution in [0.15, 0.2) is 67.3 Å². The number of carbonyl (C=O) groups is 3. The lowest BCUT2D eigenvalue weighted by atomic mass is 9.74. The van der Waals surface area contributed by atoms with Crippen LogP contribution in [0, 0.1) is 0 Å². The summed E-state index contributed by atoms with van der Waals surface area (Å²) in [5.41, 5.74) is 8.34. The van der Waals surface area contributed by atoms with E-state index < -0.39 is 36.3 Å². The van der Waals surface area contributed by atoms with Gasteiger partial charge in [0.2, 0.25) is 11.8 Å². The number of amides is 3. The second-order valence-electron chi connectivity index (χ2n) is 11.6. The lowest BCUT2D eigenvalue weighted by Gasteiger charge is -2.39. The average molecular weight is 598 g/mol. The molecule has 0 bridgehead atoms. The molecule has 44 heavy (non-hydrogen) atoms. The van der Waals surface area contributed by atoms with Crippen molar-refractivity contribution in [3.8, 4) is 11.1 Å². The molecular weight excluding hydrogens is 568 g/mol. The number of aromatic nitrogens is 3. The minimum Gasteiger partial charge on any atom is -0.364 e. The van der Waals surface area contributed by atoms with Crippen molar-refractivity contribution in [2.24, 2.45) is 5.73 Å². The average Bonchev–Trinajstić information content (AvgIpc) is 3.51. The Hall–Kier alpha value is -4.84. The summed E-state index contributed by atoms with van der Waals surface area (Å²) in [4.78, 5) is 55.7. The molecule has 0 unspecified atom stereocenters. The Kier molecular flexibility index (Phi) is 6.61. The van der Waals surface area contributed by atoms with E-state index in [1.54, 1.807) is 46.7 Å². The van der Waals surface area contributed by atoms with Crippen molar-refractivity contribution in [2.45, 2.75) is 43.2 Å². The fourth-order valence-corrected chi connectivity index (χ4v) is 6.83. The van der Waals surface area contributed by atoms with Gasteiger partial charge in [-0.15, -0.1) is 0 Å². The molecule has 3 aliphatic heterocycles. The SMILES string of the molecule is NC(=O)c1ccc(-c2c(CN3C(=O)C4(CCN(C(=O)[C@@H]5CC(F)(F)CN5)CC4)c4ccncc43)ncc3ccccc23)cn1. The summed E-state index contributed by atoms with van der Waals surface area (Å²) in [5, 5.41) is 4.46.